The van der Waals surface area contributed by atoms with Gasteiger partial charge in [-0.2, -0.15) is 8.42 Å². The standard InChI is InChI=1S/C15H22N4O4S.K/c1-4-8-17-14(20)15(2,3)9-23-11-7-5-6-10-12(11)13(16)19-24(21,22)18-10;/h5-7H,4,8-9H2,1-3H3,(H4,16,17,18,19,20);/q;+1/p-1. The quantitative estimate of drug-likeness (QED) is 0.587. The van der Waals surface area contributed by atoms with E-state index in [9.17, 15) is 13.2 Å². The Hall–Kier alpha value is -0.654. The summed E-state index contributed by atoms with van der Waals surface area (Å²) in [5.41, 5.74) is 5.60. The summed E-state index contributed by atoms with van der Waals surface area (Å²) < 4.78 is 34.6. The van der Waals surface area contributed by atoms with Gasteiger partial charge >= 0.3 is 61.6 Å². The van der Waals surface area contributed by atoms with Gasteiger partial charge < -0.3 is 20.6 Å². The van der Waals surface area contributed by atoms with Crippen molar-refractivity contribution >= 4 is 27.6 Å². The van der Waals surface area contributed by atoms with Crippen LogP contribution in [0.4, 0.5) is 5.69 Å². The number of carbonyl (C=O) groups excluding carboxylic acids is 1. The van der Waals surface area contributed by atoms with Crippen LogP contribution < -0.4 is 66.6 Å². The fourth-order valence-corrected chi connectivity index (χ4v) is 2.93. The Labute approximate surface area is 190 Å². The van der Waals surface area contributed by atoms with Gasteiger partial charge in [-0.3, -0.25) is 4.72 Å². The van der Waals surface area contributed by atoms with E-state index in [0.29, 0.717) is 23.5 Å². The molecule has 0 aromatic heterocycles. The molecule has 25 heavy (non-hydrogen) atoms. The van der Waals surface area contributed by atoms with Gasteiger partial charge in [-0.1, -0.05) is 33.3 Å². The first kappa shape index (κ1) is 22.4. The van der Waals surface area contributed by atoms with Crippen LogP contribution >= 0.6 is 0 Å². The average molecular weight is 393 g/mol. The van der Waals surface area contributed by atoms with Gasteiger partial charge in [-0.05, 0) is 12.1 Å². The van der Waals surface area contributed by atoms with Crippen LogP contribution in [0.5, 0.6) is 5.75 Å². The molecule has 8 nitrogen and oxygen atoms in total. The number of amides is 1. The number of benzene rings is 1. The van der Waals surface area contributed by atoms with Gasteiger partial charge in [0.15, 0.2) is 5.84 Å². The maximum Gasteiger partial charge on any atom is 1.00 e. The first-order valence-corrected chi connectivity index (χ1v) is 8.96. The summed E-state index contributed by atoms with van der Waals surface area (Å²) in [7, 11) is -3.84. The summed E-state index contributed by atoms with van der Waals surface area (Å²) in [6, 6.07) is 4.84. The second kappa shape index (κ2) is 8.82. The number of carbonyl (C=O) groups is 1. The molecule has 0 fully saturated rings. The van der Waals surface area contributed by atoms with E-state index in [0.717, 1.165) is 6.42 Å². The molecule has 0 aliphatic carbocycles. The van der Waals surface area contributed by atoms with Gasteiger partial charge in [0.05, 0.1) is 23.8 Å². The number of rotatable bonds is 6. The van der Waals surface area contributed by atoms with Gasteiger partial charge in [0.2, 0.25) is 0 Å². The topological polar surface area (TPSA) is 125 Å². The monoisotopic (exact) mass is 392 g/mol. The average Bonchev–Trinajstić information content (AvgIpc) is 2.48. The summed E-state index contributed by atoms with van der Waals surface area (Å²) in [6.45, 7) is 5.98. The predicted octanol–water partition coefficient (Wildman–Crippen LogP) is -1.22. The van der Waals surface area contributed by atoms with Gasteiger partial charge in [0.25, 0.3) is 0 Å². The first-order valence-electron chi connectivity index (χ1n) is 7.52. The minimum absolute atomic E-state index is 0. The molecule has 10 heteroatoms. The summed E-state index contributed by atoms with van der Waals surface area (Å²) in [4.78, 5) is 12.1. The summed E-state index contributed by atoms with van der Waals surface area (Å²) >= 11 is 0. The van der Waals surface area contributed by atoms with Crippen LogP contribution in [0, 0.1) is 5.41 Å². The maximum atomic E-state index is 12.1. The molecule has 1 aromatic carbocycles. The number of nitrogens with one attached hydrogen (secondary N) is 1. The van der Waals surface area contributed by atoms with Crippen molar-refractivity contribution in [2.45, 2.75) is 27.2 Å². The molecule has 0 unspecified atom stereocenters. The second-order valence-electron chi connectivity index (χ2n) is 6.09. The van der Waals surface area contributed by atoms with E-state index < -0.39 is 15.6 Å². The van der Waals surface area contributed by atoms with Crippen LogP contribution in [0.1, 0.15) is 32.8 Å². The zero-order valence-electron chi connectivity index (χ0n) is 14.9. The Bertz CT molecular complexity index is 778. The summed E-state index contributed by atoms with van der Waals surface area (Å²) in [5.74, 6) is -0.0387. The molecule has 0 radical (unpaired) electrons. The van der Waals surface area contributed by atoms with E-state index in [2.05, 4.69) is 14.4 Å². The van der Waals surface area contributed by atoms with E-state index in [4.69, 9.17) is 10.5 Å². The number of hydrogen-bond donors (Lipinski definition) is 2. The number of nitrogens with two attached hydrogens (primary N) is 1. The zero-order valence-corrected chi connectivity index (χ0v) is 18.8. The molecule has 0 bridgehead atoms. The van der Waals surface area contributed by atoms with Crippen LogP contribution in [0.2, 0.25) is 0 Å². The Morgan fingerprint density at radius 1 is 1.40 bits per heavy atom. The fourth-order valence-electron chi connectivity index (χ4n) is 2.08. The van der Waals surface area contributed by atoms with Gasteiger partial charge in [0.1, 0.15) is 5.75 Å². The van der Waals surface area contributed by atoms with E-state index >= 15 is 0 Å². The largest absolute Gasteiger partial charge is 1.00 e. The third-order valence-electron chi connectivity index (χ3n) is 3.39. The molecule has 1 amide bonds. The summed E-state index contributed by atoms with van der Waals surface area (Å²) in [5, 5.41) is 3.99. The van der Waals surface area contributed by atoms with E-state index in [1.165, 1.54) is 0 Å². The molecule has 1 heterocycles. The van der Waals surface area contributed by atoms with Gasteiger partial charge in [0, 0.05) is 5.41 Å². The minimum atomic E-state index is -3.84. The predicted molar refractivity (Wildman–Crippen MR) is 92.5 cm³/mol. The van der Waals surface area contributed by atoms with Crippen molar-refractivity contribution in [2.24, 2.45) is 15.5 Å². The molecular formula is C15H21KN4O4S. The molecule has 0 spiro atoms. The van der Waals surface area contributed by atoms with E-state index in [-0.39, 0.29) is 69.7 Å². The van der Waals surface area contributed by atoms with Crippen LogP contribution in [-0.2, 0) is 15.0 Å². The van der Waals surface area contributed by atoms with Crippen molar-refractivity contribution in [2.75, 3.05) is 17.9 Å². The number of amidine groups is 1. The fraction of sp³-hybridized carbons (Fsp3) is 0.467. The maximum absolute atomic E-state index is 12.1. The number of ether oxygens (including phenoxy) is 1. The SMILES string of the molecule is CCC[N-]C(=O)C(C)(C)COc1cccc2c1C(N)=NS(=O)(=O)N2.[K+]. The Kier molecular flexibility index (Phi) is 7.90. The molecule has 0 atom stereocenters. The van der Waals surface area contributed by atoms with Crippen molar-refractivity contribution in [1.29, 1.82) is 0 Å². The third kappa shape index (κ3) is 5.66. The number of anilines is 1. The molecule has 1 aliphatic heterocycles. The minimum Gasteiger partial charge on any atom is -0.653 e. The van der Waals surface area contributed by atoms with Crippen LogP contribution in [-0.4, -0.2) is 33.3 Å². The number of nitrogens with zero attached hydrogens (tertiary/aromatic N) is 2. The molecule has 1 aromatic rings. The van der Waals surface area contributed by atoms with Gasteiger partial charge in [-0.15, -0.1) is 10.9 Å². The number of fused-ring (bicyclic) bond motifs is 1. The van der Waals surface area contributed by atoms with Crippen molar-refractivity contribution in [3.8, 4) is 5.75 Å². The third-order valence-corrected chi connectivity index (χ3v) is 4.30. The van der Waals surface area contributed by atoms with Gasteiger partial charge in [-0.25, -0.2) is 0 Å². The Morgan fingerprint density at radius 3 is 2.72 bits per heavy atom. The van der Waals surface area contributed by atoms with Crippen LogP contribution in [0.3, 0.4) is 0 Å². The molecule has 132 valence electrons. The van der Waals surface area contributed by atoms with Crippen molar-refractivity contribution in [1.82, 2.24) is 0 Å². The van der Waals surface area contributed by atoms with Crippen molar-refractivity contribution < 1.29 is 69.3 Å². The van der Waals surface area contributed by atoms with Crippen molar-refractivity contribution in [3.05, 3.63) is 29.1 Å². The van der Waals surface area contributed by atoms with E-state index in [1.54, 1.807) is 32.0 Å². The van der Waals surface area contributed by atoms with E-state index in [1.807, 2.05) is 6.92 Å². The summed E-state index contributed by atoms with van der Waals surface area (Å²) in [6.07, 6.45) is 0.794. The second-order valence-corrected chi connectivity index (χ2v) is 7.43. The first-order chi connectivity index (χ1) is 11.2. The molecule has 0 saturated heterocycles. The zero-order chi connectivity index (χ0) is 18.0. The Morgan fingerprint density at radius 2 is 2.08 bits per heavy atom. The normalized spacial score (nSPS) is 15.1. The molecule has 0 saturated carbocycles. The number of hydrogen-bond acceptors (Lipinski definition) is 5. The van der Waals surface area contributed by atoms with Crippen molar-refractivity contribution in [3.63, 3.8) is 0 Å². The molecule has 3 N–H and O–H groups in total. The van der Waals surface area contributed by atoms with Crippen LogP contribution in [0.25, 0.3) is 5.32 Å². The smallest absolute Gasteiger partial charge is 0.653 e. The Balaban J connectivity index is 0.00000312. The molecular weight excluding hydrogens is 371 g/mol. The van der Waals surface area contributed by atoms with Crippen LogP contribution in [0.15, 0.2) is 22.6 Å². The molecule has 1 aliphatic rings. The molecule has 2 rings (SSSR count).